The first-order valence-electron chi connectivity index (χ1n) is 6.70. The molecule has 3 amide bonds. The number of carbonyl (C=O) groups is 2. The van der Waals surface area contributed by atoms with Crippen molar-refractivity contribution in [2.24, 2.45) is 5.73 Å². The number of primary amides is 1. The van der Waals surface area contributed by atoms with Gasteiger partial charge in [-0.3, -0.25) is 4.79 Å². The van der Waals surface area contributed by atoms with E-state index in [2.05, 4.69) is 10.6 Å². The summed E-state index contributed by atoms with van der Waals surface area (Å²) in [5, 5.41) is 5.00. The molecule has 1 atom stereocenters. The minimum atomic E-state index is -0.770. The Morgan fingerprint density at radius 3 is 2.45 bits per heavy atom. The fraction of sp³-hybridized carbons (Fsp3) is 0.429. The van der Waals surface area contributed by atoms with Crippen molar-refractivity contribution in [3.8, 4) is 0 Å². The molecule has 0 aliphatic carbocycles. The molecule has 0 aliphatic heterocycles. The van der Waals surface area contributed by atoms with Crippen molar-refractivity contribution in [3.63, 3.8) is 0 Å². The van der Waals surface area contributed by atoms with E-state index in [-0.39, 0.29) is 18.9 Å². The molecule has 0 aromatic heterocycles. The molecule has 22 heavy (non-hydrogen) atoms. The molecular weight excluding hydrogens is 312 g/mol. The molecule has 0 spiro atoms. The number of carbonyl (C=O) groups excluding carboxylic acids is 2. The SMILES string of the molecule is CSCC[C@@H](NC(N)=O)C(=O)NCCc1cc(F)cc(F)c1. The van der Waals surface area contributed by atoms with E-state index < -0.39 is 23.7 Å². The average molecular weight is 331 g/mol. The van der Waals surface area contributed by atoms with Crippen molar-refractivity contribution < 1.29 is 18.4 Å². The van der Waals surface area contributed by atoms with Crippen molar-refractivity contribution in [2.45, 2.75) is 18.9 Å². The molecule has 1 rings (SSSR count). The third-order valence-electron chi connectivity index (χ3n) is 2.88. The zero-order valence-electron chi connectivity index (χ0n) is 12.2. The molecule has 0 radical (unpaired) electrons. The predicted molar refractivity (Wildman–Crippen MR) is 82.6 cm³/mol. The summed E-state index contributed by atoms with van der Waals surface area (Å²) in [5.41, 5.74) is 5.48. The van der Waals surface area contributed by atoms with Gasteiger partial charge in [0.25, 0.3) is 0 Å². The monoisotopic (exact) mass is 331 g/mol. The highest BCUT2D eigenvalue weighted by atomic mass is 32.2. The summed E-state index contributed by atoms with van der Waals surface area (Å²) in [6.07, 6.45) is 2.62. The van der Waals surface area contributed by atoms with Gasteiger partial charge in [0.05, 0.1) is 0 Å². The van der Waals surface area contributed by atoms with E-state index in [4.69, 9.17) is 5.73 Å². The quantitative estimate of drug-likeness (QED) is 0.673. The molecule has 1 aromatic carbocycles. The molecule has 0 saturated carbocycles. The Morgan fingerprint density at radius 2 is 1.91 bits per heavy atom. The van der Waals surface area contributed by atoms with E-state index in [1.165, 1.54) is 12.1 Å². The molecular formula is C14H19F2N3O2S. The van der Waals surface area contributed by atoms with Gasteiger partial charge < -0.3 is 16.4 Å². The van der Waals surface area contributed by atoms with Crippen LogP contribution in [-0.4, -0.2) is 36.5 Å². The van der Waals surface area contributed by atoms with E-state index in [9.17, 15) is 18.4 Å². The normalized spacial score (nSPS) is 11.8. The van der Waals surface area contributed by atoms with Crippen LogP contribution in [0.2, 0.25) is 0 Å². The zero-order chi connectivity index (χ0) is 16.5. The van der Waals surface area contributed by atoms with E-state index in [1.807, 2.05) is 6.26 Å². The Kier molecular flexibility index (Phi) is 7.65. The summed E-state index contributed by atoms with van der Waals surface area (Å²) < 4.78 is 26.1. The number of hydrogen-bond donors (Lipinski definition) is 3. The Labute approximate surface area is 132 Å². The second-order valence-electron chi connectivity index (χ2n) is 4.66. The molecule has 0 heterocycles. The third kappa shape index (κ3) is 6.75. The molecule has 122 valence electrons. The van der Waals surface area contributed by atoms with Crippen LogP contribution in [0.15, 0.2) is 18.2 Å². The van der Waals surface area contributed by atoms with Crippen LogP contribution in [0, 0.1) is 11.6 Å². The fourth-order valence-electron chi connectivity index (χ4n) is 1.88. The van der Waals surface area contributed by atoms with E-state index in [0.29, 0.717) is 17.7 Å². The topological polar surface area (TPSA) is 84.2 Å². The molecule has 8 heteroatoms. The third-order valence-corrected chi connectivity index (χ3v) is 3.52. The number of halogens is 2. The van der Waals surface area contributed by atoms with E-state index >= 15 is 0 Å². The van der Waals surface area contributed by atoms with Crippen LogP contribution in [0.5, 0.6) is 0 Å². The molecule has 0 fully saturated rings. The zero-order valence-corrected chi connectivity index (χ0v) is 13.0. The van der Waals surface area contributed by atoms with Crippen LogP contribution in [-0.2, 0) is 11.2 Å². The second-order valence-corrected chi connectivity index (χ2v) is 5.65. The summed E-state index contributed by atoms with van der Waals surface area (Å²) in [6, 6.07) is 1.73. The first kappa shape index (κ1) is 18.2. The summed E-state index contributed by atoms with van der Waals surface area (Å²) in [4.78, 5) is 22.9. The van der Waals surface area contributed by atoms with Crippen molar-refractivity contribution >= 4 is 23.7 Å². The maximum absolute atomic E-state index is 13.0. The lowest BCUT2D eigenvalue weighted by Gasteiger charge is -2.16. The number of thioether (sulfide) groups is 1. The number of amides is 3. The minimum Gasteiger partial charge on any atom is -0.354 e. The number of rotatable bonds is 8. The Hall–Kier alpha value is -1.83. The Bertz CT molecular complexity index is 509. The molecule has 0 unspecified atom stereocenters. The van der Waals surface area contributed by atoms with Gasteiger partial charge in [0.2, 0.25) is 5.91 Å². The van der Waals surface area contributed by atoms with Gasteiger partial charge in [0, 0.05) is 12.6 Å². The molecule has 1 aromatic rings. The van der Waals surface area contributed by atoms with Crippen LogP contribution >= 0.6 is 11.8 Å². The number of hydrogen-bond acceptors (Lipinski definition) is 3. The van der Waals surface area contributed by atoms with Crippen molar-refractivity contribution in [2.75, 3.05) is 18.6 Å². The van der Waals surface area contributed by atoms with Crippen LogP contribution < -0.4 is 16.4 Å². The highest BCUT2D eigenvalue weighted by molar-refractivity contribution is 7.98. The number of urea groups is 1. The summed E-state index contributed by atoms with van der Waals surface area (Å²) in [5.74, 6) is -0.998. The summed E-state index contributed by atoms with van der Waals surface area (Å²) >= 11 is 1.54. The first-order valence-corrected chi connectivity index (χ1v) is 8.09. The summed E-state index contributed by atoms with van der Waals surface area (Å²) in [7, 11) is 0. The van der Waals surface area contributed by atoms with Gasteiger partial charge in [-0.2, -0.15) is 11.8 Å². The van der Waals surface area contributed by atoms with Crippen molar-refractivity contribution in [1.82, 2.24) is 10.6 Å². The lowest BCUT2D eigenvalue weighted by atomic mass is 10.1. The second kappa shape index (κ2) is 9.24. The van der Waals surface area contributed by atoms with Crippen LogP contribution in [0.3, 0.4) is 0 Å². The van der Waals surface area contributed by atoms with Crippen LogP contribution in [0.1, 0.15) is 12.0 Å². The molecule has 4 N–H and O–H groups in total. The lowest BCUT2D eigenvalue weighted by molar-refractivity contribution is -0.122. The number of nitrogens with two attached hydrogens (primary N) is 1. The largest absolute Gasteiger partial charge is 0.354 e. The minimum absolute atomic E-state index is 0.206. The molecule has 5 nitrogen and oxygen atoms in total. The fourth-order valence-corrected chi connectivity index (χ4v) is 2.36. The van der Waals surface area contributed by atoms with Gasteiger partial charge in [0.1, 0.15) is 17.7 Å². The highest BCUT2D eigenvalue weighted by Gasteiger charge is 2.18. The van der Waals surface area contributed by atoms with Gasteiger partial charge in [-0.15, -0.1) is 0 Å². The number of benzene rings is 1. The smallest absolute Gasteiger partial charge is 0.312 e. The van der Waals surface area contributed by atoms with Gasteiger partial charge >= 0.3 is 6.03 Å². The van der Waals surface area contributed by atoms with E-state index in [0.717, 1.165) is 6.07 Å². The maximum Gasteiger partial charge on any atom is 0.312 e. The first-order chi connectivity index (χ1) is 10.4. The van der Waals surface area contributed by atoms with Gasteiger partial charge in [-0.25, -0.2) is 13.6 Å². The molecule has 0 aliphatic rings. The van der Waals surface area contributed by atoms with Gasteiger partial charge in [-0.1, -0.05) is 0 Å². The molecule has 0 saturated heterocycles. The van der Waals surface area contributed by atoms with Gasteiger partial charge in [0.15, 0.2) is 0 Å². The van der Waals surface area contributed by atoms with Gasteiger partial charge in [-0.05, 0) is 42.5 Å². The summed E-state index contributed by atoms with van der Waals surface area (Å²) in [6.45, 7) is 0.206. The maximum atomic E-state index is 13.0. The van der Waals surface area contributed by atoms with E-state index in [1.54, 1.807) is 11.8 Å². The Balaban J connectivity index is 2.49. The lowest BCUT2D eigenvalue weighted by Crippen LogP contribution is -2.49. The highest BCUT2D eigenvalue weighted by Crippen LogP contribution is 2.08. The van der Waals surface area contributed by atoms with Crippen LogP contribution in [0.25, 0.3) is 0 Å². The Morgan fingerprint density at radius 1 is 1.27 bits per heavy atom. The standard InChI is InChI=1S/C14H19F2N3O2S/c1-22-5-3-12(19-14(17)21)13(20)18-4-2-9-6-10(15)8-11(16)7-9/h6-8,12H,2-5H2,1H3,(H,18,20)(H3,17,19,21)/t12-/m1/s1. The number of nitrogens with one attached hydrogen (secondary N) is 2. The van der Waals surface area contributed by atoms with Crippen molar-refractivity contribution in [3.05, 3.63) is 35.4 Å². The van der Waals surface area contributed by atoms with Crippen molar-refractivity contribution in [1.29, 1.82) is 0 Å². The average Bonchev–Trinajstić information content (AvgIpc) is 2.41. The predicted octanol–water partition coefficient (Wildman–Crippen LogP) is 1.41. The van der Waals surface area contributed by atoms with Crippen LogP contribution in [0.4, 0.5) is 13.6 Å². The molecule has 0 bridgehead atoms.